The molecular weight excluding hydrogens is 526 g/mol. The highest BCUT2D eigenvalue weighted by molar-refractivity contribution is 5.93. The van der Waals surface area contributed by atoms with E-state index >= 15 is 0 Å². The van der Waals surface area contributed by atoms with Crippen LogP contribution in [-0.2, 0) is 43.1 Å². The van der Waals surface area contributed by atoms with E-state index in [0.29, 0.717) is 5.82 Å². The minimum absolute atomic E-state index is 0.0637. The van der Waals surface area contributed by atoms with Crippen molar-refractivity contribution < 1.29 is 28.7 Å². The molecule has 0 bridgehead atoms. The summed E-state index contributed by atoms with van der Waals surface area (Å²) in [6.07, 6.45) is 2.74. The normalized spacial score (nSPS) is 13.3. The number of imidazole rings is 1. The number of alkyl carbamates (subject to hydrolysis) is 1. The van der Waals surface area contributed by atoms with Crippen molar-refractivity contribution in [2.45, 2.75) is 63.8 Å². The summed E-state index contributed by atoms with van der Waals surface area (Å²) in [6, 6.07) is 15.1. The van der Waals surface area contributed by atoms with E-state index in [1.807, 2.05) is 60.7 Å². The molecule has 218 valence electrons. The molecule has 0 spiro atoms. The van der Waals surface area contributed by atoms with E-state index in [2.05, 4.69) is 25.9 Å². The second-order valence-corrected chi connectivity index (χ2v) is 10.5. The Balaban J connectivity index is 1.84. The maximum atomic E-state index is 13.6. The van der Waals surface area contributed by atoms with Crippen LogP contribution in [0, 0.1) is 0 Å². The lowest BCUT2D eigenvalue weighted by atomic mass is 10.0. The van der Waals surface area contributed by atoms with E-state index in [1.165, 1.54) is 13.3 Å². The van der Waals surface area contributed by atoms with Crippen molar-refractivity contribution in [2.24, 2.45) is 0 Å². The number of nitrogens with zero attached hydrogens (tertiary/aromatic N) is 1. The number of rotatable bonds is 12. The van der Waals surface area contributed by atoms with Gasteiger partial charge in [-0.3, -0.25) is 9.59 Å². The Labute approximate surface area is 239 Å². The zero-order valence-corrected chi connectivity index (χ0v) is 23.7. The van der Waals surface area contributed by atoms with E-state index in [0.717, 1.165) is 11.1 Å². The number of aromatic amines is 1. The molecule has 3 rings (SSSR count). The smallest absolute Gasteiger partial charge is 0.408 e. The first-order valence-corrected chi connectivity index (χ1v) is 13.3. The number of amides is 3. The molecule has 3 amide bonds. The topological polar surface area (TPSA) is 152 Å². The number of hydrogen-bond donors (Lipinski definition) is 4. The molecule has 1 heterocycles. The highest BCUT2D eigenvalue weighted by atomic mass is 16.6. The highest BCUT2D eigenvalue weighted by Gasteiger charge is 2.31. The van der Waals surface area contributed by atoms with Crippen LogP contribution >= 0.6 is 0 Å². The standard InChI is InChI=1S/C30H37N5O6/c1-30(2,3)41-29(39)35-23(18-21-13-9-6-10-14-21)27(37)33-22(17-20-11-7-5-8-12-20)26(36)34-24(28(38)40-4)19-25-31-15-16-32-25/h5-16,22-24H,17-19H2,1-4H3,(H,31,32)(H,33,37)(H,34,36)(H,35,39)/t22-,23-,24-/m0/s1. The van der Waals surface area contributed by atoms with Crippen molar-refractivity contribution in [1.29, 1.82) is 0 Å². The van der Waals surface area contributed by atoms with Gasteiger partial charge in [-0.15, -0.1) is 0 Å². The van der Waals surface area contributed by atoms with E-state index < -0.39 is 47.6 Å². The summed E-state index contributed by atoms with van der Waals surface area (Å²) in [5.41, 5.74) is 0.815. The lowest BCUT2D eigenvalue weighted by Crippen LogP contribution is -2.57. The number of H-pyrrole nitrogens is 1. The van der Waals surface area contributed by atoms with E-state index in [-0.39, 0.29) is 19.3 Å². The Morgan fingerprint density at radius 2 is 1.29 bits per heavy atom. The van der Waals surface area contributed by atoms with Gasteiger partial charge in [0.1, 0.15) is 29.6 Å². The Bertz CT molecular complexity index is 1280. The van der Waals surface area contributed by atoms with Gasteiger partial charge in [0.2, 0.25) is 11.8 Å². The lowest BCUT2D eigenvalue weighted by Gasteiger charge is -2.26. The molecule has 0 aliphatic heterocycles. The van der Waals surface area contributed by atoms with Crippen LogP contribution in [0.25, 0.3) is 0 Å². The van der Waals surface area contributed by atoms with Gasteiger partial charge in [0.05, 0.1) is 7.11 Å². The van der Waals surface area contributed by atoms with Gasteiger partial charge in [-0.1, -0.05) is 60.7 Å². The summed E-state index contributed by atoms with van der Waals surface area (Å²) in [5.74, 6) is -1.36. The van der Waals surface area contributed by atoms with Crippen LogP contribution in [0.3, 0.4) is 0 Å². The van der Waals surface area contributed by atoms with Gasteiger partial charge in [-0.25, -0.2) is 14.6 Å². The van der Waals surface area contributed by atoms with Crippen LogP contribution in [0.1, 0.15) is 37.7 Å². The second kappa shape index (κ2) is 14.6. The summed E-state index contributed by atoms with van der Waals surface area (Å²) in [5, 5.41) is 8.11. The van der Waals surface area contributed by atoms with Gasteiger partial charge in [-0.2, -0.15) is 0 Å². The van der Waals surface area contributed by atoms with Crippen molar-refractivity contribution in [3.63, 3.8) is 0 Å². The fourth-order valence-electron chi connectivity index (χ4n) is 4.05. The molecule has 0 unspecified atom stereocenters. The number of benzene rings is 2. The predicted molar refractivity (Wildman–Crippen MR) is 152 cm³/mol. The van der Waals surface area contributed by atoms with Crippen molar-refractivity contribution in [2.75, 3.05) is 7.11 Å². The Morgan fingerprint density at radius 3 is 1.76 bits per heavy atom. The minimum atomic E-state index is -1.08. The number of methoxy groups -OCH3 is 1. The van der Waals surface area contributed by atoms with Crippen molar-refractivity contribution >= 4 is 23.9 Å². The first kappa shape index (κ1) is 30.9. The molecule has 4 N–H and O–H groups in total. The quantitative estimate of drug-likeness (QED) is 0.247. The molecule has 0 radical (unpaired) electrons. The molecule has 3 atom stereocenters. The third-order valence-corrected chi connectivity index (χ3v) is 5.96. The van der Waals surface area contributed by atoms with Crippen LogP contribution in [0.5, 0.6) is 0 Å². The van der Waals surface area contributed by atoms with E-state index in [9.17, 15) is 19.2 Å². The summed E-state index contributed by atoms with van der Waals surface area (Å²) in [6.45, 7) is 5.17. The number of nitrogens with one attached hydrogen (secondary N) is 4. The van der Waals surface area contributed by atoms with Crippen LogP contribution in [0.15, 0.2) is 73.1 Å². The SMILES string of the molecule is COC(=O)[C@H](Cc1ncc[nH]1)NC(=O)[C@H](Cc1ccccc1)NC(=O)[C@H](Cc1ccccc1)NC(=O)OC(C)(C)C. The fourth-order valence-corrected chi connectivity index (χ4v) is 4.05. The number of carbonyl (C=O) groups is 4. The zero-order chi connectivity index (χ0) is 29.8. The first-order valence-electron chi connectivity index (χ1n) is 13.3. The van der Waals surface area contributed by atoms with Crippen LogP contribution < -0.4 is 16.0 Å². The van der Waals surface area contributed by atoms with Gasteiger partial charge in [0.15, 0.2) is 0 Å². The average molecular weight is 564 g/mol. The second-order valence-electron chi connectivity index (χ2n) is 10.5. The Morgan fingerprint density at radius 1 is 0.780 bits per heavy atom. The highest BCUT2D eigenvalue weighted by Crippen LogP contribution is 2.11. The summed E-state index contributed by atoms with van der Waals surface area (Å²) in [4.78, 5) is 59.3. The third-order valence-electron chi connectivity index (χ3n) is 5.96. The Hall–Kier alpha value is -4.67. The van der Waals surface area contributed by atoms with Gasteiger partial charge < -0.3 is 30.4 Å². The molecule has 0 saturated carbocycles. The number of hydrogen-bond acceptors (Lipinski definition) is 7. The predicted octanol–water partition coefficient (Wildman–Crippen LogP) is 2.47. The largest absolute Gasteiger partial charge is 0.467 e. The maximum absolute atomic E-state index is 13.6. The lowest BCUT2D eigenvalue weighted by molar-refractivity contribution is -0.145. The molecule has 41 heavy (non-hydrogen) atoms. The fraction of sp³-hybridized carbons (Fsp3) is 0.367. The molecule has 0 fully saturated rings. The van der Waals surface area contributed by atoms with Gasteiger partial charge in [0, 0.05) is 31.7 Å². The number of ether oxygens (including phenoxy) is 2. The van der Waals surface area contributed by atoms with Gasteiger partial charge >= 0.3 is 12.1 Å². The van der Waals surface area contributed by atoms with Crippen molar-refractivity contribution in [3.8, 4) is 0 Å². The number of esters is 1. The van der Waals surface area contributed by atoms with Gasteiger partial charge in [-0.05, 0) is 31.9 Å². The molecule has 11 heteroatoms. The molecule has 1 aromatic heterocycles. The minimum Gasteiger partial charge on any atom is -0.467 e. The summed E-state index contributed by atoms with van der Waals surface area (Å²) >= 11 is 0. The molecule has 3 aromatic rings. The van der Waals surface area contributed by atoms with Gasteiger partial charge in [0.25, 0.3) is 0 Å². The molecule has 0 aliphatic carbocycles. The van der Waals surface area contributed by atoms with E-state index in [1.54, 1.807) is 27.0 Å². The molecule has 0 aliphatic rings. The van der Waals surface area contributed by atoms with E-state index in [4.69, 9.17) is 9.47 Å². The third kappa shape index (κ3) is 10.4. The van der Waals surface area contributed by atoms with Crippen molar-refractivity contribution in [3.05, 3.63) is 90.0 Å². The monoisotopic (exact) mass is 563 g/mol. The zero-order valence-electron chi connectivity index (χ0n) is 23.7. The molecule has 0 saturated heterocycles. The number of aromatic nitrogens is 2. The molecular formula is C30H37N5O6. The number of carbonyl (C=O) groups excluding carboxylic acids is 4. The summed E-state index contributed by atoms with van der Waals surface area (Å²) < 4.78 is 10.3. The Kier molecular flexibility index (Phi) is 11.0. The van der Waals surface area contributed by atoms with Crippen molar-refractivity contribution in [1.82, 2.24) is 25.9 Å². The van der Waals surface area contributed by atoms with Crippen LogP contribution in [-0.4, -0.2) is 64.7 Å². The molecule has 11 nitrogen and oxygen atoms in total. The van der Waals surface area contributed by atoms with Crippen LogP contribution in [0.2, 0.25) is 0 Å². The first-order chi connectivity index (χ1) is 19.5. The van der Waals surface area contributed by atoms with Crippen LogP contribution in [0.4, 0.5) is 4.79 Å². The average Bonchev–Trinajstić information content (AvgIpc) is 3.44. The molecule has 2 aromatic carbocycles. The maximum Gasteiger partial charge on any atom is 0.408 e. The summed E-state index contributed by atoms with van der Waals surface area (Å²) in [7, 11) is 1.23.